The Kier molecular flexibility index (Phi) is 3.65. The highest BCUT2D eigenvalue weighted by atomic mass is 79.9. The van der Waals surface area contributed by atoms with E-state index >= 15 is 0 Å². The summed E-state index contributed by atoms with van der Waals surface area (Å²) in [6.45, 7) is -0.346. The molecule has 0 aliphatic rings. The summed E-state index contributed by atoms with van der Waals surface area (Å²) < 4.78 is 19.0. The molecular weight excluding hydrogens is 291 g/mol. The Morgan fingerprint density at radius 2 is 2.12 bits per heavy atom. The molecular formula is C11H8BrFN2O2. The van der Waals surface area contributed by atoms with E-state index in [4.69, 9.17) is 9.84 Å². The molecule has 0 aliphatic heterocycles. The molecule has 2 aromatic heterocycles. The molecule has 0 spiro atoms. The van der Waals surface area contributed by atoms with Crippen LogP contribution in [0.5, 0.6) is 11.6 Å². The molecule has 0 fully saturated rings. The first kappa shape index (κ1) is 11.9. The maximum absolute atomic E-state index is 12.9. The van der Waals surface area contributed by atoms with Gasteiger partial charge in [-0.2, -0.15) is 0 Å². The SMILES string of the molecule is OCc1cc(F)cnc1Oc1cncc(Br)c1. The third-order valence-corrected chi connectivity index (χ3v) is 2.39. The van der Waals surface area contributed by atoms with Gasteiger partial charge in [-0.15, -0.1) is 0 Å². The second-order valence-corrected chi connectivity index (χ2v) is 4.13. The van der Waals surface area contributed by atoms with Crippen molar-refractivity contribution < 1.29 is 14.2 Å². The highest BCUT2D eigenvalue weighted by Crippen LogP contribution is 2.24. The van der Waals surface area contributed by atoms with E-state index in [9.17, 15) is 4.39 Å². The van der Waals surface area contributed by atoms with Gasteiger partial charge < -0.3 is 9.84 Å². The van der Waals surface area contributed by atoms with Gasteiger partial charge in [0.05, 0.1) is 19.0 Å². The Balaban J connectivity index is 2.29. The van der Waals surface area contributed by atoms with Gasteiger partial charge in [-0.3, -0.25) is 4.98 Å². The zero-order chi connectivity index (χ0) is 12.3. The third-order valence-electron chi connectivity index (χ3n) is 1.96. The molecule has 0 atom stereocenters. The first-order chi connectivity index (χ1) is 8.19. The summed E-state index contributed by atoms with van der Waals surface area (Å²) in [5.41, 5.74) is 0.282. The molecule has 0 bridgehead atoms. The van der Waals surface area contributed by atoms with Crippen molar-refractivity contribution in [2.24, 2.45) is 0 Å². The Hall–Kier alpha value is -1.53. The molecule has 2 heterocycles. The fourth-order valence-corrected chi connectivity index (χ4v) is 1.58. The summed E-state index contributed by atoms with van der Waals surface area (Å²) in [7, 11) is 0. The lowest BCUT2D eigenvalue weighted by atomic mass is 10.3. The second kappa shape index (κ2) is 5.20. The maximum atomic E-state index is 12.9. The first-order valence-corrected chi connectivity index (χ1v) is 5.52. The van der Waals surface area contributed by atoms with E-state index in [2.05, 4.69) is 25.9 Å². The normalized spacial score (nSPS) is 10.3. The van der Waals surface area contributed by atoms with Gasteiger partial charge in [0, 0.05) is 16.2 Å². The first-order valence-electron chi connectivity index (χ1n) is 4.72. The summed E-state index contributed by atoms with van der Waals surface area (Å²) in [4.78, 5) is 7.69. The van der Waals surface area contributed by atoms with Gasteiger partial charge in [-0.1, -0.05) is 0 Å². The van der Waals surface area contributed by atoms with Crippen LogP contribution in [0.3, 0.4) is 0 Å². The molecule has 0 amide bonds. The molecule has 0 radical (unpaired) electrons. The minimum Gasteiger partial charge on any atom is -0.437 e. The topological polar surface area (TPSA) is 55.2 Å². The number of ether oxygens (including phenoxy) is 1. The molecule has 1 N–H and O–H groups in total. The Morgan fingerprint density at radius 3 is 2.82 bits per heavy atom. The Bertz CT molecular complexity index is 537. The molecule has 6 heteroatoms. The van der Waals surface area contributed by atoms with Gasteiger partial charge in [0.2, 0.25) is 5.88 Å². The van der Waals surface area contributed by atoms with E-state index in [1.54, 1.807) is 12.3 Å². The third kappa shape index (κ3) is 2.98. The molecule has 0 saturated heterocycles. The van der Waals surface area contributed by atoms with Crippen molar-refractivity contribution in [2.75, 3.05) is 0 Å². The number of hydrogen-bond acceptors (Lipinski definition) is 4. The summed E-state index contributed by atoms with van der Waals surface area (Å²) in [5.74, 6) is 0.0933. The smallest absolute Gasteiger partial charge is 0.225 e. The molecule has 0 saturated carbocycles. The molecule has 88 valence electrons. The van der Waals surface area contributed by atoms with E-state index in [1.165, 1.54) is 12.3 Å². The summed E-state index contributed by atoms with van der Waals surface area (Å²) in [6, 6.07) is 2.87. The van der Waals surface area contributed by atoms with Gasteiger partial charge in [-0.05, 0) is 28.1 Å². The van der Waals surface area contributed by atoms with Crippen molar-refractivity contribution in [3.05, 3.63) is 46.6 Å². The summed E-state index contributed by atoms with van der Waals surface area (Å²) >= 11 is 3.25. The van der Waals surface area contributed by atoms with Crippen LogP contribution < -0.4 is 4.74 Å². The fourth-order valence-electron chi connectivity index (χ4n) is 1.23. The number of nitrogens with zero attached hydrogens (tertiary/aromatic N) is 2. The molecule has 0 aromatic carbocycles. The standard InChI is InChI=1S/C11H8BrFN2O2/c12-8-2-10(5-14-3-8)17-11-7(6-16)1-9(13)4-15-11/h1-5,16H,6H2. The lowest BCUT2D eigenvalue weighted by Gasteiger charge is -2.08. The number of hydrogen-bond donors (Lipinski definition) is 1. The van der Waals surface area contributed by atoms with Gasteiger partial charge in [0.15, 0.2) is 0 Å². The average Bonchev–Trinajstić information content (AvgIpc) is 2.31. The lowest BCUT2D eigenvalue weighted by Crippen LogP contribution is -1.96. The predicted octanol–water partition coefficient (Wildman–Crippen LogP) is 2.66. The number of halogens is 2. The van der Waals surface area contributed by atoms with Crippen molar-refractivity contribution in [2.45, 2.75) is 6.61 Å². The largest absolute Gasteiger partial charge is 0.437 e. The zero-order valence-electron chi connectivity index (χ0n) is 8.60. The summed E-state index contributed by atoms with van der Waals surface area (Å²) in [6.07, 6.45) is 4.13. The lowest BCUT2D eigenvalue weighted by molar-refractivity contribution is 0.274. The molecule has 17 heavy (non-hydrogen) atoms. The predicted molar refractivity (Wildman–Crippen MR) is 62.1 cm³/mol. The minimum absolute atomic E-state index is 0.161. The van der Waals surface area contributed by atoms with E-state index in [-0.39, 0.29) is 18.1 Å². The number of aromatic nitrogens is 2. The van der Waals surface area contributed by atoms with Crippen LogP contribution in [-0.4, -0.2) is 15.1 Å². The van der Waals surface area contributed by atoms with E-state index < -0.39 is 5.82 Å². The highest BCUT2D eigenvalue weighted by molar-refractivity contribution is 9.10. The van der Waals surface area contributed by atoms with E-state index in [1.807, 2.05) is 0 Å². The van der Waals surface area contributed by atoms with Crippen molar-refractivity contribution in [1.82, 2.24) is 9.97 Å². The molecule has 2 aromatic rings. The number of pyridine rings is 2. The van der Waals surface area contributed by atoms with Crippen molar-refractivity contribution in [3.8, 4) is 11.6 Å². The minimum atomic E-state index is -0.520. The Morgan fingerprint density at radius 1 is 1.29 bits per heavy atom. The van der Waals surface area contributed by atoms with Crippen molar-refractivity contribution in [1.29, 1.82) is 0 Å². The van der Waals surface area contributed by atoms with E-state index in [0.29, 0.717) is 5.75 Å². The number of rotatable bonds is 3. The molecule has 2 rings (SSSR count). The molecule has 0 unspecified atom stereocenters. The summed E-state index contributed by atoms with van der Waals surface area (Å²) in [5, 5.41) is 9.06. The molecule has 0 aliphatic carbocycles. The second-order valence-electron chi connectivity index (χ2n) is 3.22. The quantitative estimate of drug-likeness (QED) is 0.946. The van der Waals surface area contributed by atoms with Crippen LogP contribution >= 0.6 is 15.9 Å². The van der Waals surface area contributed by atoms with Gasteiger partial charge >= 0.3 is 0 Å². The van der Waals surface area contributed by atoms with Crippen LogP contribution in [0, 0.1) is 5.82 Å². The monoisotopic (exact) mass is 298 g/mol. The van der Waals surface area contributed by atoms with Crippen LogP contribution in [0.2, 0.25) is 0 Å². The average molecular weight is 299 g/mol. The number of aliphatic hydroxyl groups excluding tert-OH is 1. The number of aliphatic hydroxyl groups is 1. The van der Waals surface area contributed by atoms with Crippen molar-refractivity contribution >= 4 is 15.9 Å². The van der Waals surface area contributed by atoms with E-state index in [0.717, 1.165) is 10.7 Å². The van der Waals surface area contributed by atoms with Gasteiger partial charge in [-0.25, -0.2) is 9.37 Å². The fraction of sp³-hybridized carbons (Fsp3) is 0.0909. The van der Waals surface area contributed by atoms with Crippen LogP contribution in [0.4, 0.5) is 4.39 Å². The highest BCUT2D eigenvalue weighted by Gasteiger charge is 2.08. The van der Waals surface area contributed by atoms with Crippen LogP contribution in [0.1, 0.15) is 5.56 Å². The molecule has 4 nitrogen and oxygen atoms in total. The van der Waals surface area contributed by atoms with Crippen LogP contribution in [0.25, 0.3) is 0 Å². The van der Waals surface area contributed by atoms with Gasteiger partial charge in [0.1, 0.15) is 11.6 Å². The Labute approximate surface area is 105 Å². The van der Waals surface area contributed by atoms with Crippen LogP contribution in [0.15, 0.2) is 35.2 Å². The maximum Gasteiger partial charge on any atom is 0.225 e. The van der Waals surface area contributed by atoms with Crippen LogP contribution in [-0.2, 0) is 6.61 Å². The van der Waals surface area contributed by atoms with Crippen molar-refractivity contribution in [3.63, 3.8) is 0 Å². The van der Waals surface area contributed by atoms with Gasteiger partial charge in [0.25, 0.3) is 0 Å². The zero-order valence-corrected chi connectivity index (χ0v) is 10.2.